The summed E-state index contributed by atoms with van der Waals surface area (Å²) in [6, 6.07) is 12.3. The van der Waals surface area contributed by atoms with Crippen molar-refractivity contribution < 1.29 is 23.5 Å². The summed E-state index contributed by atoms with van der Waals surface area (Å²) in [5, 5.41) is 3.05. The molecule has 0 aliphatic heterocycles. The van der Waals surface area contributed by atoms with Gasteiger partial charge in [0.15, 0.2) is 6.61 Å². The van der Waals surface area contributed by atoms with Crippen molar-refractivity contribution in [2.45, 2.75) is 51.2 Å². The Morgan fingerprint density at radius 3 is 2.29 bits per heavy atom. The van der Waals surface area contributed by atoms with Crippen molar-refractivity contribution in [3.8, 4) is 11.5 Å². The zero-order valence-corrected chi connectivity index (χ0v) is 18.0. The average molecular weight is 429 g/mol. The van der Waals surface area contributed by atoms with Crippen molar-refractivity contribution in [1.29, 1.82) is 0 Å². The van der Waals surface area contributed by atoms with Gasteiger partial charge in [-0.1, -0.05) is 25.0 Å². The first-order valence-electron chi connectivity index (χ1n) is 10.6. The normalized spacial score (nSPS) is 14.7. The second-order valence-corrected chi connectivity index (χ2v) is 7.78. The molecule has 7 heteroatoms. The molecule has 0 bridgehead atoms. The number of nitrogens with zero attached hydrogens (tertiary/aromatic N) is 1. The Labute approximate surface area is 182 Å². The minimum atomic E-state index is -0.683. The highest BCUT2D eigenvalue weighted by atomic mass is 19.1. The maximum Gasteiger partial charge on any atom is 0.261 e. The van der Waals surface area contributed by atoms with E-state index in [9.17, 15) is 14.0 Å². The van der Waals surface area contributed by atoms with E-state index in [-0.39, 0.29) is 36.8 Å². The number of benzene rings is 2. The van der Waals surface area contributed by atoms with E-state index in [1.54, 1.807) is 50.4 Å². The van der Waals surface area contributed by atoms with Crippen LogP contribution in [0, 0.1) is 5.82 Å². The van der Waals surface area contributed by atoms with Crippen LogP contribution in [0.15, 0.2) is 48.5 Å². The molecule has 1 fully saturated rings. The van der Waals surface area contributed by atoms with Crippen molar-refractivity contribution >= 4 is 11.8 Å². The maximum absolute atomic E-state index is 13.3. The van der Waals surface area contributed by atoms with Crippen molar-refractivity contribution in [2.24, 2.45) is 0 Å². The van der Waals surface area contributed by atoms with Gasteiger partial charge in [-0.3, -0.25) is 9.59 Å². The number of amides is 2. The molecule has 2 aromatic carbocycles. The molecular formula is C24H29FN2O4. The summed E-state index contributed by atoms with van der Waals surface area (Å²) in [7, 11) is 1.57. The van der Waals surface area contributed by atoms with Crippen molar-refractivity contribution in [3.63, 3.8) is 0 Å². The molecule has 0 heterocycles. The summed E-state index contributed by atoms with van der Waals surface area (Å²) in [5.74, 6) is 0.352. The Kier molecular flexibility index (Phi) is 7.87. The van der Waals surface area contributed by atoms with Gasteiger partial charge in [0.05, 0.1) is 7.11 Å². The van der Waals surface area contributed by atoms with E-state index in [0.717, 1.165) is 31.2 Å². The van der Waals surface area contributed by atoms with Gasteiger partial charge in [-0.05, 0) is 61.7 Å². The molecule has 0 spiro atoms. The number of ether oxygens (including phenoxy) is 2. The number of carbonyl (C=O) groups excluding carboxylic acids is 2. The number of hydrogen-bond donors (Lipinski definition) is 1. The van der Waals surface area contributed by atoms with Gasteiger partial charge in [0.25, 0.3) is 5.91 Å². The Bertz CT molecular complexity index is 864. The number of rotatable bonds is 9. The molecular weight excluding hydrogens is 399 g/mol. The van der Waals surface area contributed by atoms with Gasteiger partial charge in [-0.2, -0.15) is 0 Å². The summed E-state index contributed by atoms with van der Waals surface area (Å²) in [6.07, 6.45) is 4.14. The molecule has 0 saturated heterocycles. The molecule has 1 atom stereocenters. The number of hydrogen-bond acceptors (Lipinski definition) is 4. The highest BCUT2D eigenvalue weighted by molar-refractivity contribution is 5.88. The SMILES string of the molecule is COc1ccc(OCC(=O)N(Cc2ccc(F)cc2)[C@H](C)C(=O)NC2CCCC2)cc1. The highest BCUT2D eigenvalue weighted by Gasteiger charge is 2.28. The van der Waals surface area contributed by atoms with Gasteiger partial charge < -0.3 is 19.7 Å². The van der Waals surface area contributed by atoms with Crippen LogP contribution in [0.4, 0.5) is 4.39 Å². The lowest BCUT2D eigenvalue weighted by Crippen LogP contribution is -2.50. The summed E-state index contributed by atoms with van der Waals surface area (Å²) in [5.41, 5.74) is 0.736. The van der Waals surface area contributed by atoms with Gasteiger partial charge >= 0.3 is 0 Å². The third kappa shape index (κ3) is 6.44. The molecule has 6 nitrogen and oxygen atoms in total. The summed E-state index contributed by atoms with van der Waals surface area (Å²) in [4.78, 5) is 27.3. The minimum absolute atomic E-state index is 0.160. The van der Waals surface area contributed by atoms with Crippen LogP contribution in [0.1, 0.15) is 38.2 Å². The smallest absolute Gasteiger partial charge is 0.261 e. The van der Waals surface area contributed by atoms with E-state index in [1.807, 2.05) is 0 Å². The molecule has 1 aliphatic carbocycles. The van der Waals surface area contributed by atoms with Gasteiger partial charge in [0.1, 0.15) is 23.4 Å². The summed E-state index contributed by atoms with van der Waals surface area (Å²) >= 11 is 0. The fourth-order valence-electron chi connectivity index (χ4n) is 3.66. The molecule has 1 N–H and O–H groups in total. The van der Waals surface area contributed by atoms with Crippen molar-refractivity contribution in [1.82, 2.24) is 10.2 Å². The van der Waals surface area contributed by atoms with E-state index in [4.69, 9.17) is 9.47 Å². The number of halogens is 1. The van der Waals surface area contributed by atoms with E-state index >= 15 is 0 Å². The molecule has 0 aromatic heterocycles. The quantitative estimate of drug-likeness (QED) is 0.662. The molecule has 2 amide bonds. The molecule has 31 heavy (non-hydrogen) atoms. The van der Waals surface area contributed by atoms with Gasteiger partial charge in [0, 0.05) is 12.6 Å². The Hall–Kier alpha value is -3.09. The molecule has 2 aromatic rings. The maximum atomic E-state index is 13.3. The molecule has 166 valence electrons. The third-order valence-corrected chi connectivity index (χ3v) is 5.56. The van der Waals surface area contributed by atoms with E-state index in [0.29, 0.717) is 11.5 Å². The minimum Gasteiger partial charge on any atom is -0.497 e. The highest BCUT2D eigenvalue weighted by Crippen LogP contribution is 2.19. The topological polar surface area (TPSA) is 67.9 Å². The van der Waals surface area contributed by atoms with E-state index in [2.05, 4.69) is 5.32 Å². The fraction of sp³-hybridized carbons (Fsp3) is 0.417. The predicted octanol–water partition coefficient (Wildman–Crippen LogP) is 3.69. The average Bonchev–Trinajstić information content (AvgIpc) is 3.30. The number of nitrogens with one attached hydrogen (secondary N) is 1. The fourth-order valence-corrected chi connectivity index (χ4v) is 3.66. The standard InChI is InChI=1S/C24H29FN2O4/c1-17(24(29)26-20-5-3-4-6-20)27(15-18-7-9-19(25)10-8-18)23(28)16-31-22-13-11-21(30-2)12-14-22/h7-14,17,20H,3-6,15-16H2,1-2H3,(H,26,29)/t17-/m1/s1. The van der Waals surface area contributed by atoms with Crippen molar-refractivity contribution in [3.05, 3.63) is 59.9 Å². The Morgan fingerprint density at radius 2 is 1.68 bits per heavy atom. The van der Waals surface area contributed by atoms with Gasteiger partial charge in [0.2, 0.25) is 5.91 Å². The molecule has 1 aliphatic rings. The summed E-state index contributed by atoms with van der Waals surface area (Å²) in [6.45, 7) is 1.68. The largest absolute Gasteiger partial charge is 0.497 e. The van der Waals surface area contributed by atoms with Crippen LogP contribution in [0.2, 0.25) is 0 Å². The number of methoxy groups -OCH3 is 1. The van der Waals surface area contributed by atoms with E-state index in [1.165, 1.54) is 17.0 Å². The second-order valence-electron chi connectivity index (χ2n) is 7.78. The van der Waals surface area contributed by atoms with Crippen LogP contribution >= 0.6 is 0 Å². The van der Waals surface area contributed by atoms with Gasteiger partial charge in [-0.15, -0.1) is 0 Å². The molecule has 0 unspecified atom stereocenters. The monoisotopic (exact) mass is 428 g/mol. The van der Waals surface area contributed by atoms with Crippen LogP contribution in [0.25, 0.3) is 0 Å². The molecule has 3 rings (SSSR count). The lowest BCUT2D eigenvalue weighted by Gasteiger charge is -2.29. The molecule has 1 saturated carbocycles. The summed E-state index contributed by atoms with van der Waals surface area (Å²) < 4.78 is 24.0. The van der Waals surface area contributed by atoms with Gasteiger partial charge in [-0.25, -0.2) is 4.39 Å². The van der Waals surface area contributed by atoms with Crippen LogP contribution in [-0.4, -0.2) is 42.5 Å². The molecule has 0 radical (unpaired) electrons. The predicted molar refractivity (Wildman–Crippen MR) is 115 cm³/mol. The Morgan fingerprint density at radius 1 is 1.06 bits per heavy atom. The first kappa shape index (κ1) is 22.6. The number of carbonyl (C=O) groups is 2. The van der Waals surface area contributed by atoms with Crippen molar-refractivity contribution in [2.75, 3.05) is 13.7 Å². The lowest BCUT2D eigenvalue weighted by molar-refractivity contribution is -0.142. The first-order chi connectivity index (χ1) is 15.0. The Balaban J connectivity index is 1.68. The first-order valence-corrected chi connectivity index (χ1v) is 10.6. The lowest BCUT2D eigenvalue weighted by atomic mass is 10.1. The zero-order valence-electron chi connectivity index (χ0n) is 18.0. The van der Waals surface area contributed by atoms with Crippen LogP contribution < -0.4 is 14.8 Å². The third-order valence-electron chi connectivity index (χ3n) is 5.56. The zero-order chi connectivity index (χ0) is 22.2. The second kappa shape index (κ2) is 10.8. The van der Waals surface area contributed by atoms with E-state index < -0.39 is 6.04 Å². The van der Waals surface area contributed by atoms with Crippen LogP contribution in [-0.2, 0) is 16.1 Å². The van der Waals surface area contributed by atoms with Crippen LogP contribution in [0.5, 0.6) is 11.5 Å². The van der Waals surface area contributed by atoms with Crippen LogP contribution in [0.3, 0.4) is 0 Å².